The summed E-state index contributed by atoms with van der Waals surface area (Å²) in [6, 6.07) is 23.5. The lowest BCUT2D eigenvalue weighted by Gasteiger charge is -2.42. The van der Waals surface area contributed by atoms with E-state index in [2.05, 4.69) is 4.90 Å². The van der Waals surface area contributed by atoms with Gasteiger partial charge in [0.25, 0.3) is 0 Å². The second-order valence-corrected chi connectivity index (χ2v) is 10.8. The van der Waals surface area contributed by atoms with Crippen molar-refractivity contribution in [3.05, 3.63) is 101 Å². The van der Waals surface area contributed by atoms with Gasteiger partial charge in [0, 0.05) is 17.5 Å². The summed E-state index contributed by atoms with van der Waals surface area (Å²) in [6.45, 7) is 5.71. The number of aliphatic hydroxyl groups is 1. The van der Waals surface area contributed by atoms with Crippen molar-refractivity contribution in [2.75, 3.05) is 19.6 Å². The van der Waals surface area contributed by atoms with Crippen molar-refractivity contribution in [2.24, 2.45) is 5.92 Å². The van der Waals surface area contributed by atoms with E-state index in [0.29, 0.717) is 23.1 Å². The van der Waals surface area contributed by atoms with Crippen LogP contribution in [0.3, 0.4) is 0 Å². The van der Waals surface area contributed by atoms with Gasteiger partial charge in [0.2, 0.25) is 0 Å². The fourth-order valence-electron chi connectivity index (χ4n) is 5.48. The number of aromatic hydroxyl groups is 1. The minimum Gasteiger partial charge on any atom is -0.508 e. The van der Waals surface area contributed by atoms with E-state index in [0.717, 1.165) is 44.5 Å². The van der Waals surface area contributed by atoms with E-state index in [1.165, 1.54) is 0 Å². The fourth-order valence-corrected chi connectivity index (χ4v) is 5.48. The average Bonchev–Trinajstić information content (AvgIpc) is 2.93. The van der Waals surface area contributed by atoms with Crippen molar-refractivity contribution in [3.8, 4) is 5.75 Å². The second kappa shape index (κ2) is 11.5. The minimum atomic E-state index is -1.28. The number of rotatable bonds is 10. The molecular formula is C32H37NO5. The Morgan fingerprint density at radius 3 is 2.08 bits per heavy atom. The number of aliphatic carboxylic acids is 1. The molecule has 1 unspecified atom stereocenters. The van der Waals surface area contributed by atoms with Gasteiger partial charge in [0.05, 0.1) is 5.41 Å². The standard InChI is InChI=1S/C32H37NO5/c1-31(2,30(36)37)24-16-14-23(15-17-24)28(34)13-8-20-33-21-18-26(19-22-33)32(38,25-9-4-3-5-10-25)27-11-6-7-12-29(27)35/h3-7,9-12,14-17,26,35,38H,8,13,18-22H2,1-2H3,(H,36,37). The van der Waals surface area contributed by atoms with Crippen LogP contribution in [0.1, 0.15) is 66.6 Å². The number of phenolic OH excluding ortho intramolecular Hbond substituents is 1. The number of ketones is 1. The maximum atomic E-state index is 12.7. The van der Waals surface area contributed by atoms with Crippen LogP contribution in [-0.4, -0.2) is 51.6 Å². The molecule has 0 radical (unpaired) electrons. The summed E-state index contributed by atoms with van der Waals surface area (Å²) in [4.78, 5) is 26.5. The van der Waals surface area contributed by atoms with Gasteiger partial charge in [-0.2, -0.15) is 0 Å². The molecule has 0 amide bonds. The Hall–Kier alpha value is -3.48. The highest BCUT2D eigenvalue weighted by atomic mass is 16.4. The van der Waals surface area contributed by atoms with Gasteiger partial charge in [-0.15, -0.1) is 0 Å². The Morgan fingerprint density at radius 1 is 0.868 bits per heavy atom. The molecule has 38 heavy (non-hydrogen) atoms. The Labute approximate surface area is 224 Å². The van der Waals surface area contributed by atoms with E-state index in [4.69, 9.17) is 0 Å². The number of para-hydroxylation sites is 1. The first-order valence-corrected chi connectivity index (χ1v) is 13.3. The van der Waals surface area contributed by atoms with E-state index in [-0.39, 0.29) is 17.5 Å². The molecule has 1 saturated heterocycles. The Kier molecular flexibility index (Phi) is 8.34. The highest BCUT2D eigenvalue weighted by molar-refractivity contribution is 5.96. The predicted octanol–water partition coefficient (Wildman–Crippen LogP) is 5.37. The molecule has 3 aromatic rings. The molecule has 1 aliphatic heterocycles. The zero-order chi connectivity index (χ0) is 27.3. The minimum absolute atomic E-state index is 0.0513. The number of carboxylic acids is 1. The number of benzene rings is 3. The van der Waals surface area contributed by atoms with Crippen molar-refractivity contribution in [3.63, 3.8) is 0 Å². The van der Waals surface area contributed by atoms with Crippen LogP contribution in [0.5, 0.6) is 5.75 Å². The molecule has 0 saturated carbocycles. The topological polar surface area (TPSA) is 98.1 Å². The first-order chi connectivity index (χ1) is 18.1. The lowest BCUT2D eigenvalue weighted by Crippen LogP contribution is -2.44. The fraction of sp³-hybridized carbons (Fsp3) is 0.375. The number of piperidine rings is 1. The van der Waals surface area contributed by atoms with Gasteiger partial charge in [-0.25, -0.2) is 0 Å². The molecule has 0 aliphatic carbocycles. The van der Waals surface area contributed by atoms with Crippen LogP contribution in [0.25, 0.3) is 0 Å². The van der Waals surface area contributed by atoms with Crippen molar-refractivity contribution in [2.45, 2.75) is 50.5 Å². The van der Waals surface area contributed by atoms with Gasteiger partial charge in [-0.05, 0) is 75.9 Å². The summed E-state index contributed by atoms with van der Waals surface area (Å²) >= 11 is 0. The maximum Gasteiger partial charge on any atom is 0.313 e. The Bertz CT molecular complexity index is 1250. The van der Waals surface area contributed by atoms with Crippen LogP contribution >= 0.6 is 0 Å². The van der Waals surface area contributed by atoms with Crippen LogP contribution in [0, 0.1) is 5.92 Å². The molecule has 3 aromatic carbocycles. The molecule has 200 valence electrons. The van der Waals surface area contributed by atoms with E-state index in [1.54, 1.807) is 56.3 Å². The number of Topliss-reactive ketones (excluding diaryl/α,β-unsaturated/α-hetero) is 1. The van der Waals surface area contributed by atoms with Crippen LogP contribution < -0.4 is 0 Å². The summed E-state index contributed by atoms with van der Waals surface area (Å²) in [5.74, 6) is -0.801. The summed E-state index contributed by atoms with van der Waals surface area (Å²) in [5.41, 5.74) is 0.305. The van der Waals surface area contributed by atoms with Gasteiger partial charge in [0.1, 0.15) is 11.4 Å². The molecule has 1 heterocycles. The van der Waals surface area contributed by atoms with Gasteiger partial charge in [0.15, 0.2) is 5.78 Å². The molecule has 0 spiro atoms. The van der Waals surface area contributed by atoms with E-state index >= 15 is 0 Å². The molecule has 0 aromatic heterocycles. The molecular weight excluding hydrogens is 478 g/mol. The molecule has 1 atom stereocenters. The summed E-state index contributed by atoms with van der Waals surface area (Å²) < 4.78 is 0. The van der Waals surface area contributed by atoms with Crippen LogP contribution in [0.4, 0.5) is 0 Å². The Morgan fingerprint density at radius 2 is 1.47 bits per heavy atom. The lowest BCUT2D eigenvalue weighted by atomic mass is 9.71. The molecule has 4 rings (SSSR count). The van der Waals surface area contributed by atoms with Crippen molar-refractivity contribution < 1.29 is 24.9 Å². The van der Waals surface area contributed by atoms with Gasteiger partial charge < -0.3 is 20.2 Å². The molecule has 1 fully saturated rings. The van der Waals surface area contributed by atoms with Crippen molar-refractivity contribution in [1.29, 1.82) is 0 Å². The Balaban J connectivity index is 1.34. The lowest BCUT2D eigenvalue weighted by molar-refractivity contribution is -0.142. The zero-order valence-electron chi connectivity index (χ0n) is 22.1. The summed E-state index contributed by atoms with van der Waals surface area (Å²) in [5, 5.41) is 32.1. The van der Waals surface area contributed by atoms with Gasteiger partial charge in [-0.1, -0.05) is 72.8 Å². The quantitative estimate of drug-likeness (QED) is 0.314. The molecule has 1 aliphatic rings. The number of likely N-dealkylation sites (tertiary alicyclic amines) is 1. The number of nitrogens with zero attached hydrogens (tertiary/aromatic N) is 1. The van der Waals surface area contributed by atoms with Gasteiger partial charge >= 0.3 is 5.97 Å². The normalized spacial score (nSPS) is 16.6. The number of hydrogen-bond donors (Lipinski definition) is 3. The van der Waals surface area contributed by atoms with Crippen LogP contribution in [0.2, 0.25) is 0 Å². The average molecular weight is 516 g/mol. The van der Waals surface area contributed by atoms with E-state index < -0.39 is 17.0 Å². The van der Waals surface area contributed by atoms with E-state index in [9.17, 15) is 24.9 Å². The second-order valence-electron chi connectivity index (χ2n) is 10.8. The van der Waals surface area contributed by atoms with Crippen molar-refractivity contribution in [1.82, 2.24) is 4.90 Å². The monoisotopic (exact) mass is 515 g/mol. The highest BCUT2D eigenvalue weighted by Crippen LogP contribution is 2.44. The first kappa shape index (κ1) is 27.6. The van der Waals surface area contributed by atoms with Crippen LogP contribution in [-0.2, 0) is 15.8 Å². The molecule has 6 heteroatoms. The van der Waals surface area contributed by atoms with Crippen LogP contribution in [0.15, 0.2) is 78.9 Å². The highest BCUT2D eigenvalue weighted by Gasteiger charge is 2.43. The summed E-state index contributed by atoms with van der Waals surface area (Å²) in [7, 11) is 0. The predicted molar refractivity (Wildman–Crippen MR) is 147 cm³/mol. The molecule has 0 bridgehead atoms. The van der Waals surface area contributed by atoms with E-state index in [1.807, 2.05) is 36.4 Å². The zero-order valence-corrected chi connectivity index (χ0v) is 22.1. The smallest absolute Gasteiger partial charge is 0.313 e. The first-order valence-electron chi connectivity index (χ1n) is 13.3. The third-order valence-corrected chi connectivity index (χ3v) is 8.05. The maximum absolute atomic E-state index is 12.7. The molecule has 6 nitrogen and oxygen atoms in total. The summed E-state index contributed by atoms with van der Waals surface area (Å²) in [6.07, 6.45) is 2.70. The number of carboxylic acid groups (broad SMARTS) is 1. The number of carbonyl (C=O) groups is 2. The van der Waals surface area contributed by atoms with Crippen molar-refractivity contribution >= 4 is 11.8 Å². The number of hydrogen-bond acceptors (Lipinski definition) is 5. The number of phenols is 1. The third kappa shape index (κ3) is 5.66. The SMILES string of the molecule is CC(C)(C(=O)O)c1ccc(C(=O)CCCN2CCC(C(O)(c3ccccc3)c3ccccc3O)CC2)cc1. The van der Waals surface area contributed by atoms with Gasteiger partial charge in [-0.3, -0.25) is 9.59 Å². The number of carbonyl (C=O) groups excluding carboxylic acids is 1. The molecule has 3 N–H and O–H groups in total. The third-order valence-electron chi connectivity index (χ3n) is 8.05. The largest absolute Gasteiger partial charge is 0.508 e.